The van der Waals surface area contributed by atoms with Crippen molar-refractivity contribution in [3.05, 3.63) is 48.2 Å². The topological polar surface area (TPSA) is 144 Å². The second kappa shape index (κ2) is 10.5. The van der Waals surface area contributed by atoms with Crippen molar-refractivity contribution in [2.24, 2.45) is 0 Å². The Morgan fingerprint density at radius 3 is 2.58 bits per heavy atom. The predicted octanol–water partition coefficient (Wildman–Crippen LogP) is 3.76. The summed E-state index contributed by atoms with van der Waals surface area (Å²) in [7, 11) is 1.75. The highest BCUT2D eigenvalue weighted by Crippen LogP contribution is 2.30. The first kappa shape index (κ1) is 26.6. The fourth-order valence-electron chi connectivity index (χ4n) is 4.40. The standard InChI is InChI=1S/C27H33N9O2/c1-26(2,3)38-25(37)34-27(4)8-10-35(11-9-27)22-7-6-18(15-31-22)23-24-20(13-29)16-32-36(24)17-21(33-23)19(12-28)14-30-5/h6-7,12,14-17,28,30H,8-11H2,1-5H3,(H,34,37)/b19-14+,28-12?. The van der Waals surface area contributed by atoms with Gasteiger partial charge in [0, 0.05) is 55.4 Å². The molecule has 3 aromatic heterocycles. The molecule has 4 heterocycles. The fraction of sp³-hybridized carbons (Fsp3) is 0.407. The molecule has 1 amide bonds. The smallest absolute Gasteiger partial charge is 0.408 e. The molecule has 3 N–H and O–H groups in total. The Bertz CT molecular complexity index is 1400. The number of nitrogens with one attached hydrogen (secondary N) is 3. The van der Waals surface area contributed by atoms with Crippen LogP contribution in [-0.4, -0.2) is 63.2 Å². The summed E-state index contributed by atoms with van der Waals surface area (Å²) in [5.74, 6) is 0.824. The average molecular weight is 516 g/mol. The maximum absolute atomic E-state index is 12.3. The van der Waals surface area contributed by atoms with E-state index in [1.165, 1.54) is 12.4 Å². The summed E-state index contributed by atoms with van der Waals surface area (Å²) >= 11 is 0. The van der Waals surface area contributed by atoms with Gasteiger partial charge in [0.25, 0.3) is 0 Å². The Balaban J connectivity index is 1.56. The van der Waals surface area contributed by atoms with Crippen molar-refractivity contribution in [2.75, 3.05) is 25.0 Å². The Morgan fingerprint density at radius 2 is 2.00 bits per heavy atom. The third-order valence-electron chi connectivity index (χ3n) is 6.38. The van der Waals surface area contributed by atoms with Gasteiger partial charge in [-0.15, -0.1) is 0 Å². The molecule has 0 radical (unpaired) electrons. The normalized spacial score (nSPS) is 15.6. The van der Waals surface area contributed by atoms with E-state index in [0.29, 0.717) is 28.0 Å². The zero-order valence-electron chi connectivity index (χ0n) is 22.4. The van der Waals surface area contributed by atoms with Gasteiger partial charge in [-0.05, 0) is 52.7 Å². The van der Waals surface area contributed by atoms with E-state index in [9.17, 15) is 10.1 Å². The SMILES string of the molecule is CN/C=C(\C=N)c1cn2ncc(C#N)c2c(-c2ccc(N3CCC(C)(NC(=O)OC(C)(C)C)CC3)nc2)n1. The number of nitriles is 1. The molecule has 1 saturated heterocycles. The van der Waals surface area contributed by atoms with Crippen LogP contribution in [0.1, 0.15) is 51.8 Å². The predicted molar refractivity (Wildman–Crippen MR) is 146 cm³/mol. The van der Waals surface area contributed by atoms with E-state index in [1.54, 1.807) is 30.2 Å². The number of nitrogens with zero attached hydrogens (tertiary/aromatic N) is 6. The summed E-state index contributed by atoms with van der Waals surface area (Å²) in [5.41, 5.74) is 2.52. The van der Waals surface area contributed by atoms with Gasteiger partial charge in [0.05, 0.1) is 23.8 Å². The number of carbonyl (C=O) groups excluding carboxylic acids is 1. The highest BCUT2D eigenvalue weighted by molar-refractivity contribution is 6.07. The molecule has 0 aromatic carbocycles. The van der Waals surface area contributed by atoms with Gasteiger partial charge in [0.15, 0.2) is 0 Å². The quantitative estimate of drug-likeness (QED) is 0.421. The number of rotatable bonds is 6. The van der Waals surface area contributed by atoms with Gasteiger partial charge in [0.1, 0.15) is 28.6 Å². The van der Waals surface area contributed by atoms with Crippen molar-refractivity contribution in [2.45, 2.75) is 51.7 Å². The summed E-state index contributed by atoms with van der Waals surface area (Å²) in [4.78, 5) is 24.0. The van der Waals surface area contributed by atoms with E-state index < -0.39 is 11.7 Å². The molecule has 198 valence electrons. The average Bonchev–Trinajstić information content (AvgIpc) is 3.29. The fourth-order valence-corrected chi connectivity index (χ4v) is 4.40. The van der Waals surface area contributed by atoms with Gasteiger partial charge in [-0.1, -0.05) is 0 Å². The number of hydrogen-bond acceptors (Lipinski definition) is 9. The molecular weight excluding hydrogens is 482 g/mol. The second-order valence-electron chi connectivity index (χ2n) is 10.6. The third-order valence-corrected chi connectivity index (χ3v) is 6.38. The van der Waals surface area contributed by atoms with Crippen LogP contribution in [0.25, 0.3) is 22.3 Å². The van der Waals surface area contributed by atoms with E-state index in [0.717, 1.165) is 37.3 Å². The van der Waals surface area contributed by atoms with E-state index in [2.05, 4.69) is 26.7 Å². The number of piperidine rings is 1. The summed E-state index contributed by atoms with van der Waals surface area (Å²) < 4.78 is 7.04. The van der Waals surface area contributed by atoms with Crippen LogP contribution >= 0.6 is 0 Å². The van der Waals surface area contributed by atoms with Gasteiger partial charge in [-0.3, -0.25) is 0 Å². The lowest BCUT2D eigenvalue weighted by atomic mass is 9.90. The van der Waals surface area contributed by atoms with Crippen LogP contribution in [0.3, 0.4) is 0 Å². The van der Waals surface area contributed by atoms with Gasteiger partial charge in [-0.2, -0.15) is 10.4 Å². The van der Waals surface area contributed by atoms with Gasteiger partial charge in [-0.25, -0.2) is 19.3 Å². The summed E-state index contributed by atoms with van der Waals surface area (Å²) in [6, 6.07) is 6.05. The van der Waals surface area contributed by atoms with Crippen LogP contribution in [0, 0.1) is 16.7 Å². The molecule has 1 aliphatic heterocycles. The second-order valence-corrected chi connectivity index (χ2v) is 10.6. The molecule has 1 aliphatic rings. The molecule has 0 atom stereocenters. The van der Waals surface area contributed by atoms with Crippen LogP contribution < -0.4 is 15.5 Å². The molecule has 0 spiro atoms. The van der Waals surface area contributed by atoms with E-state index in [-0.39, 0.29) is 5.54 Å². The molecule has 0 bridgehead atoms. The van der Waals surface area contributed by atoms with Crippen LogP contribution in [0.2, 0.25) is 0 Å². The number of alkyl carbamates (subject to hydrolysis) is 1. The van der Waals surface area contributed by atoms with Crippen molar-refractivity contribution < 1.29 is 9.53 Å². The first-order chi connectivity index (χ1) is 18.1. The molecule has 11 nitrogen and oxygen atoms in total. The van der Waals surface area contributed by atoms with Gasteiger partial charge >= 0.3 is 6.09 Å². The number of hydrogen-bond donors (Lipinski definition) is 3. The Labute approximate surface area is 222 Å². The zero-order chi connectivity index (χ0) is 27.5. The highest BCUT2D eigenvalue weighted by atomic mass is 16.6. The monoisotopic (exact) mass is 515 g/mol. The molecule has 3 aromatic rings. The number of aromatic nitrogens is 4. The van der Waals surface area contributed by atoms with Crippen LogP contribution in [0.15, 0.2) is 36.9 Å². The minimum Gasteiger partial charge on any atom is -0.444 e. The van der Waals surface area contributed by atoms with Crippen molar-refractivity contribution in [1.29, 1.82) is 10.7 Å². The van der Waals surface area contributed by atoms with Crippen molar-refractivity contribution >= 4 is 29.2 Å². The Morgan fingerprint density at radius 1 is 1.26 bits per heavy atom. The molecule has 0 aliphatic carbocycles. The van der Waals surface area contributed by atoms with Crippen molar-refractivity contribution in [3.63, 3.8) is 0 Å². The maximum Gasteiger partial charge on any atom is 0.408 e. The molecular formula is C27H33N9O2. The third kappa shape index (κ3) is 5.75. The van der Waals surface area contributed by atoms with E-state index in [4.69, 9.17) is 20.1 Å². The Hall–Kier alpha value is -4.46. The minimum atomic E-state index is -0.540. The molecule has 1 fully saturated rings. The molecule has 38 heavy (non-hydrogen) atoms. The molecule has 0 unspecified atom stereocenters. The largest absolute Gasteiger partial charge is 0.444 e. The van der Waals surface area contributed by atoms with Crippen molar-refractivity contribution in [3.8, 4) is 17.3 Å². The first-order valence-electron chi connectivity index (χ1n) is 12.4. The lowest BCUT2D eigenvalue weighted by molar-refractivity contribution is 0.0448. The number of ether oxygens (including phenoxy) is 1. The highest BCUT2D eigenvalue weighted by Gasteiger charge is 2.33. The maximum atomic E-state index is 12.3. The number of allylic oxidation sites excluding steroid dienone is 1. The number of fused-ring (bicyclic) bond motifs is 1. The minimum absolute atomic E-state index is 0.349. The lowest BCUT2D eigenvalue weighted by Gasteiger charge is -2.40. The lowest BCUT2D eigenvalue weighted by Crippen LogP contribution is -2.54. The molecule has 4 rings (SSSR count). The number of carbonyl (C=O) groups is 1. The Kier molecular flexibility index (Phi) is 7.35. The van der Waals surface area contributed by atoms with Gasteiger partial charge < -0.3 is 25.7 Å². The number of pyridine rings is 1. The summed E-state index contributed by atoms with van der Waals surface area (Å²) in [6.45, 7) is 9.06. The number of anilines is 1. The summed E-state index contributed by atoms with van der Waals surface area (Å²) in [6.07, 6.45) is 8.96. The number of amides is 1. The van der Waals surface area contributed by atoms with Gasteiger partial charge in [0.2, 0.25) is 0 Å². The van der Waals surface area contributed by atoms with Crippen LogP contribution in [-0.2, 0) is 4.74 Å². The molecule has 0 saturated carbocycles. The van der Waals surface area contributed by atoms with Crippen molar-refractivity contribution in [1.82, 2.24) is 30.2 Å². The van der Waals surface area contributed by atoms with E-state index in [1.807, 2.05) is 39.8 Å². The van der Waals surface area contributed by atoms with Crippen LogP contribution in [0.4, 0.5) is 10.6 Å². The summed E-state index contributed by atoms with van der Waals surface area (Å²) in [5, 5.41) is 27.7. The molecule has 11 heteroatoms. The first-order valence-corrected chi connectivity index (χ1v) is 12.4. The van der Waals surface area contributed by atoms with Crippen LogP contribution in [0.5, 0.6) is 0 Å². The van der Waals surface area contributed by atoms with E-state index >= 15 is 0 Å². The zero-order valence-corrected chi connectivity index (χ0v) is 22.4.